The Hall–Kier alpha value is -1.84. The Balaban J connectivity index is 1.80. The monoisotopic (exact) mass is 316 g/mol. The zero-order valence-corrected chi connectivity index (χ0v) is 14.5. The summed E-state index contributed by atoms with van der Waals surface area (Å²) in [7, 11) is 0. The van der Waals surface area contributed by atoms with Gasteiger partial charge in [-0.15, -0.1) is 0 Å². The fourth-order valence-electron chi connectivity index (χ4n) is 2.85. The van der Waals surface area contributed by atoms with Gasteiger partial charge in [0.1, 0.15) is 0 Å². The van der Waals surface area contributed by atoms with Gasteiger partial charge in [-0.25, -0.2) is 0 Å². The molecule has 1 aromatic carbocycles. The van der Waals surface area contributed by atoms with Gasteiger partial charge in [-0.1, -0.05) is 31.5 Å². The summed E-state index contributed by atoms with van der Waals surface area (Å²) in [6.45, 7) is 8.39. The first-order valence-electron chi connectivity index (χ1n) is 8.61. The summed E-state index contributed by atoms with van der Waals surface area (Å²) in [5.74, 6) is 0.866. The van der Waals surface area contributed by atoms with Crippen LogP contribution in [0, 0.1) is 18.8 Å². The molecule has 1 fully saturated rings. The van der Waals surface area contributed by atoms with E-state index in [4.69, 9.17) is 0 Å². The van der Waals surface area contributed by atoms with E-state index >= 15 is 0 Å². The number of piperidine rings is 1. The summed E-state index contributed by atoms with van der Waals surface area (Å²) in [6, 6.07) is 7.68. The van der Waals surface area contributed by atoms with Crippen molar-refractivity contribution in [1.82, 2.24) is 10.2 Å². The van der Waals surface area contributed by atoms with Crippen LogP contribution in [0.25, 0.3) is 0 Å². The van der Waals surface area contributed by atoms with Gasteiger partial charge in [0.15, 0.2) is 0 Å². The molecule has 1 aromatic rings. The van der Waals surface area contributed by atoms with Gasteiger partial charge in [0, 0.05) is 31.1 Å². The summed E-state index contributed by atoms with van der Waals surface area (Å²) in [6.07, 6.45) is 2.52. The van der Waals surface area contributed by atoms with Crippen molar-refractivity contribution >= 4 is 11.8 Å². The molecule has 4 heteroatoms. The van der Waals surface area contributed by atoms with Crippen LogP contribution in [0.3, 0.4) is 0 Å². The van der Waals surface area contributed by atoms with Gasteiger partial charge in [-0.3, -0.25) is 9.59 Å². The molecule has 0 atom stereocenters. The molecule has 4 nitrogen and oxygen atoms in total. The van der Waals surface area contributed by atoms with Crippen molar-refractivity contribution in [3.05, 3.63) is 35.4 Å². The Kier molecular flexibility index (Phi) is 6.20. The topological polar surface area (TPSA) is 49.4 Å². The number of aryl methyl sites for hydroxylation is 1. The van der Waals surface area contributed by atoms with Gasteiger partial charge >= 0.3 is 0 Å². The zero-order chi connectivity index (χ0) is 16.8. The minimum atomic E-state index is 0.0456. The molecule has 2 rings (SSSR count). The fraction of sp³-hybridized carbons (Fsp3) is 0.579. The quantitative estimate of drug-likeness (QED) is 0.908. The highest BCUT2D eigenvalue weighted by Gasteiger charge is 2.27. The third kappa shape index (κ3) is 5.08. The molecule has 0 saturated carbocycles. The average molecular weight is 316 g/mol. The maximum atomic E-state index is 12.5. The van der Waals surface area contributed by atoms with Gasteiger partial charge in [0.05, 0.1) is 0 Å². The lowest BCUT2D eigenvalue weighted by molar-refractivity contribution is -0.126. The van der Waals surface area contributed by atoms with E-state index in [1.807, 2.05) is 36.1 Å². The molecule has 0 bridgehead atoms. The van der Waals surface area contributed by atoms with Gasteiger partial charge in [-0.2, -0.15) is 0 Å². The van der Waals surface area contributed by atoms with Crippen LogP contribution in [0.4, 0.5) is 0 Å². The lowest BCUT2D eigenvalue weighted by Gasteiger charge is -2.31. The Morgan fingerprint density at radius 3 is 2.35 bits per heavy atom. The first-order valence-corrected chi connectivity index (χ1v) is 8.61. The zero-order valence-electron chi connectivity index (χ0n) is 14.5. The van der Waals surface area contributed by atoms with Crippen molar-refractivity contribution in [3.8, 4) is 0 Å². The second-order valence-corrected chi connectivity index (χ2v) is 6.91. The molecule has 126 valence electrons. The second-order valence-electron chi connectivity index (χ2n) is 6.91. The molecule has 2 amide bonds. The third-order valence-electron chi connectivity index (χ3n) is 4.47. The predicted molar refractivity (Wildman–Crippen MR) is 92.3 cm³/mol. The normalized spacial score (nSPS) is 15.7. The molecular weight excluding hydrogens is 288 g/mol. The lowest BCUT2D eigenvalue weighted by atomic mass is 9.95. The van der Waals surface area contributed by atoms with Gasteiger partial charge in [0.25, 0.3) is 5.91 Å². The van der Waals surface area contributed by atoms with Crippen LogP contribution in [0.1, 0.15) is 49.0 Å². The first kappa shape index (κ1) is 17.5. The smallest absolute Gasteiger partial charge is 0.253 e. The number of carbonyl (C=O) groups is 2. The Labute approximate surface area is 139 Å². The largest absolute Gasteiger partial charge is 0.356 e. The highest BCUT2D eigenvalue weighted by molar-refractivity contribution is 5.94. The van der Waals surface area contributed by atoms with Crippen LogP contribution < -0.4 is 5.32 Å². The molecule has 1 aliphatic heterocycles. The van der Waals surface area contributed by atoms with Crippen LogP contribution in [0.5, 0.6) is 0 Å². The number of nitrogens with one attached hydrogen (secondary N) is 1. The number of benzene rings is 1. The summed E-state index contributed by atoms with van der Waals surface area (Å²) < 4.78 is 0. The number of likely N-dealkylation sites (tertiary alicyclic amines) is 1. The van der Waals surface area contributed by atoms with Crippen LogP contribution in [-0.2, 0) is 4.79 Å². The van der Waals surface area contributed by atoms with E-state index in [2.05, 4.69) is 19.2 Å². The van der Waals surface area contributed by atoms with E-state index in [0.717, 1.165) is 36.9 Å². The summed E-state index contributed by atoms with van der Waals surface area (Å²) in [4.78, 5) is 26.5. The van der Waals surface area contributed by atoms with Crippen molar-refractivity contribution in [2.45, 2.75) is 40.0 Å². The van der Waals surface area contributed by atoms with E-state index in [1.165, 1.54) is 0 Å². The SMILES string of the molecule is Cc1ccc(C(=O)N2CCC(C(=O)NCCC(C)C)CC2)cc1. The van der Waals surface area contributed by atoms with Gasteiger partial charge < -0.3 is 10.2 Å². The molecule has 1 heterocycles. The number of hydrogen-bond donors (Lipinski definition) is 1. The molecule has 0 aromatic heterocycles. The van der Waals surface area contributed by atoms with Crippen molar-refractivity contribution in [1.29, 1.82) is 0 Å². The van der Waals surface area contributed by atoms with Crippen molar-refractivity contribution < 1.29 is 9.59 Å². The highest BCUT2D eigenvalue weighted by atomic mass is 16.2. The minimum Gasteiger partial charge on any atom is -0.356 e. The maximum absolute atomic E-state index is 12.5. The van der Waals surface area contributed by atoms with Crippen LogP contribution in [0.2, 0.25) is 0 Å². The Bertz CT molecular complexity index is 529. The maximum Gasteiger partial charge on any atom is 0.253 e. The predicted octanol–water partition coefficient (Wildman–Crippen LogP) is 3.01. The standard InChI is InChI=1S/C19H28N2O2/c1-14(2)8-11-20-18(22)16-9-12-21(13-10-16)19(23)17-6-4-15(3)5-7-17/h4-7,14,16H,8-13H2,1-3H3,(H,20,22). The molecule has 1 aliphatic rings. The van der Waals surface area contributed by atoms with Crippen LogP contribution >= 0.6 is 0 Å². The third-order valence-corrected chi connectivity index (χ3v) is 4.47. The molecule has 0 unspecified atom stereocenters. The van der Waals surface area contributed by atoms with Gasteiger partial charge in [-0.05, 0) is 44.2 Å². The van der Waals surface area contributed by atoms with Crippen molar-refractivity contribution in [3.63, 3.8) is 0 Å². The van der Waals surface area contributed by atoms with E-state index in [0.29, 0.717) is 19.0 Å². The molecule has 0 spiro atoms. The molecule has 0 radical (unpaired) electrons. The number of carbonyl (C=O) groups excluding carboxylic acids is 2. The average Bonchev–Trinajstić information content (AvgIpc) is 2.54. The molecule has 1 N–H and O–H groups in total. The van der Waals surface area contributed by atoms with E-state index in [1.54, 1.807) is 0 Å². The van der Waals surface area contributed by atoms with Gasteiger partial charge in [0.2, 0.25) is 5.91 Å². The Morgan fingerprint density at radius 2 is 1.78 bits per heavy atom. The van der Waals surface area contributed by atoms with Crippen molar-refractivity contribution in [2.75, 3.05) is 19.6 Å². The van der Waals surface area contributed by atoms with E-state index in [9.17, 15) is 9.59 Å². The molecule has 1 saturated heterocycles. The first-order chi connectivity index (χ1) is 11.0. The number of hydrogen-bond acceptors (Lipinski definition) is 2. The second kappa shape index (κ2) is 8.14. The molecule has 23 heavy (non-hydrogen) atoms. The summed E-state index contributed by atoms with van der Waals surface area (Å²) in [5.41, 5.74) is 1.88. The van der Waals surface area contributed by atoms with Crippen molar-refractivity contribution in [2.24, 2.45) is 11.8 Å². The number of rotatable bonds is 5. The molecular formula is C19H28N2O2. The van der Waals surface area contributed by atoms with E-state index < -0.39 is 0 Å². The summed E-state index contributed by atoms with van der Waals surface area (Å²) in [5, 5.41) is 3.02. The Morgan fingerprint density at radius 1 is 1.17 bits per heavy atom. The number of amides is 2. The van der Waals surface area contributed by atoms with E-state index in [-0.39, 0.29) is 17.7 Å². The summed E-state index contributed by atoms with van der Waals surface area (Å²) >= 11 is 0. The minimum absolute atomic E-state index is 0.0456. The number of nitrogens with zero attached hydrogens (tertiary/aromatic N) is 1. The van der Waals surface area contributed by atoms with Crippen LogP contribution in [0.15, 0.2) is 24.3 Å². The highest BCUT2D eigenvalue weighted by Crippen LogP contribution is 2.19. The fourth-order valence-corrected chi connectivity index (χ4v) is 2.85. The lowest BCUT2D eigenvalue weighted by Crippen LogP contribution is -2.43. The van der Waals surface area contributed by atoms with Crippen LogP contribution in [-0.4, -0.2) is 36.3 Å². The molecule has 0 aliphatic carbocycles.